The van der Waals surface area contributed by atoms with Crippen LogP contribution < -0.4 is 0 Å². The van der Waals surface area contributed by atoms with Gasteiger partial charge in [0.1, 0.15) is 0 Å². The molecule has 1 aromatic rings. The van der Waals surface area contributed by atoms with Crippen molar-refractivity contribution >= 4 is 17.5 Å². The van der Waals surface area contributed by atoms with Gasteiger partial charge >= 0.3 is 0 Å². The van der Waals surface area contributed by atoms with Crippen LogP contribution in [0.2, 0.25) is 5.02 Å². The Hall–Kier alpha value is -1.46. The highest BCUT2D eigenvalue weighted by Gasteiger charge is 2.27. The highest BCUT2D eigenvalue weighted by molar-refractivity contribution is 6.30. The summed E-state index contributed by atoms with van der Waals surface area (Å²) in [5, 5.41) is 0.706. The quantitative estimate of drug-likeness (QED) is 0.718. The van der Waals surface area contributed by atoms with Gasteiger partial charge in [-0.3, -0.25) is 4.79 Å². The molecule has 1 aliphatic heterocycles. The van der Waals surface area contributed by atoms with Crippen molar-refractivity contribution in [2.24, 2.45) is 5.92 Å². The monoisotopic (exact) mass is 233 g/mol. The number of amides is 1. The van der Waals surface area contributed by atoms with Crippen LogP contribution in [0.15, 0.2) is 24.3 Å². The molecule has 0 aromatic heterocycles. The molecule has 3 heteroatoms. The smallest absolute Gasteiger partial charge is 0.224 e. The lowest BCUT2D eigenvalue weighted by molar-refractivity contribution is -0.128. The first kappa shape index (κ1) is 11.0. The molecule has 2 nitrogen and oxygen atoms in total. The van der Waals surface area contributed by atoms with Crippen LogP contribution in [0, 0.1) is 18.3 Å². The van der Waals surface area contributed by atoms with E-state index in [2.05, 4.69) is 5.92 Å². The predicted molar refractivity (Wildman–Crippen MR) is 63.8 cm³/mol. The van der Waals surface area contributed by atoms with E-state index in [0.29, 0.717) is 24.5 Å². The summed E-state index contributed by atoms with van der Waals surface area (Å²) < 4.78 is 0. The van der Waals surface area contributed by atoms with E-state index >= 15 is 0 Å². The highest BCUT2D eigenvalue weighted by Crippen LogP contribution is 2.20. The molecular formula is C13H12ClNO. The maximum atomic E-state index is 11.6. The summed E-state index contributed by atoms with van der Waals surface area (Å²) in [5.74, 6) is 2.84. The van der Waals surface area contributed by atoms with Crippen molar-refractivity contribution in [3.05, 3.63) is 34.9 Å². The molecule has 0 bridgehead atoms. The van der Waals surface area contributed by atoms with Crippen LogP contribution >= 0.6 is 11.6 Å². The Morgan fingerprint density at radius 3 is 2.69 bits per heavy atom. The minimum atomic E-state index is 0.0693. The average molecular weight is 234 g/mol. The molecule has 1 aromatic carbocycles. The number of rotatable bonds is 2. The van der Waals surface area contributed by atoms with Crippen molar-refractivity contribution in [3.8, 4) is 12.3 Å². The molecule has 1 aliphatic rings. The second kappa shape index (κ2) is 4.59. The molecule has 1 unspecified atom stereocenters. The van der Waals surface area contributed by atoms with Gasteiger partial charge in [-0.15, -0.1) is 12.3 Å². The Kier molecular flexibility index (Phi) is 3.17. The number of nitrogens with zero attached hydrogens (tertiary/aromatic N) is 1. The number of likely N-dealkylation sites (tertiary alicyclic amines) is 1. The zero-order chi connectivity index (χ0) is 11.5. The van der Waals surface area contributed by atoms with E-state index in [1.807, 2.05) is 24.3 Å². The normalized spacial score (nSPS) is 19.9. The number of halogens is 1. The van der Waals surface area contributed by atoms with Crippen LogP contribution in [0.25, 0.3) is 0 Å². The van der Waals surface area contributed by atoms with Crippen molar-refractivity contribution in [1.82, 2.24) is 4.90 Å². The van der Waals surface area contributed by atoms with E-state index in [1.54, 1.807) is 4.90 Å². The fourth-order valence-electron chi connectivity index (χ4n) is 1.85. The van der Waals surface area contributed by atoms with E-state index in [9.17, 15) is 4.79 Å². The van der Waals surface area contributed by atoms with Gasteiger partial charge in [0, 0.05) is 30.5 Å². The van der Waals surface area contributed by atoms with Gasteiger partial charge in [0.15, 0.2) is 0 Å². The SMILES string of the molecule is C#CC1CC(=O)N(Cc2ccc(Cl)cc2)C1. The van der Waals surface area contributed by atoms with Crippen LogP contribution in [0.5, 0.6) is 0 Å². The Labute approximate surface area is 100 Å². The molecular weight excluding hydrogens is 222 g/mol. The fourth-order valence-corrected chi connectivity index (χ4v) is 1.97. The van der Waals surface area contributed by atoms with Gasteiger partial charge in [-0.1, -0.05) is 23.7 Å². The number of terminal acetylenes is 1. The van der Waals surface area contributed by atoms with Crippen molar-refractivity contribution in [2.75, 3.05) is 6.54 Å². The van der Waals surface area contributed by atoms with Crippen LogP contribution in [-0.2, 0) is 11.3 Å². The lowest BCUT2D eigenvalue weighted by Crippen LogP contribution is -2.24. The summed E-state index contributed by atoms with van der Waals surface area (Å²) in [6, 6.07) is 7.52. The van der Waals surface area contributed by atoms with Crippen molar-refractivity contribution in [2.45, 2.75) is 13.0 Å². The lowest BCUT2D eigenvalue weighted by atomic mass is 10.1. The molecule has 0 aliphatic carbocycles. The summed E-state index contributed by atoms with van der Waals surface area (Å²) in [6.07, 6.45) is 5.80. The van der Waals surface area contributed by atoms with Crippen molar-refractivity contribution in [3.63, 3.8) is 0 Å². The first-order chi connectivity index (χ1) is 7.69. The number of benzene rings is 1. The third-order valence-corrected chi connectivity index (χ3v) is 2.99. The van der Waals surface area contributed by atoms with E-state index in [1.165, 1.54) is 0 Å². The second-order valence-electron chi connectivity index (χ2n) is 3.97. The van der Waals surface area contributed by atoms with Gasteiger partial charge in [0.05, 0.1) is 0 Å². The molecule has 0 spiro atoms. The molecule has 1 atom stereocenters. The third kappa shape index (κ3) is 2.37. The maximum Gasteiger partial charge on any atom is 0.224 e. The number of hydrogen-bond donors (Lipinski definition) is 0. The minimum Gasteiger partial charge on any atom is -0.337 e. The van der Waals surface area contributed by atoms with Gasteiger partial charge < -0.3 is 4.90 Å². The van der Waals surface area contributed by atoms with E-state index in [4.69, 9.17) is 18.0 Å². The highest BCUT2D eigenvalue weighted by atomic mass is 35.5. The van der Waals surface area contributed by atoms with Gasteiger partial charge in [0.2, 0.25) is 5.91 Å². The van der Waals surface area contributed by atoms with Crippen molar-refractivity contribution < 1.29 is 4.79 Å². The largest absolute Gasteiger partial charge is 0.337 e. The first-order valence-corrected chi connectivity index (χ1v) is 5.55. The maximum absolute atomic E-state index is 11.6. The summed E-state index contributed by atoms with van der Waals surface area (Å²) in [6.45, 7) is 1.28. The molecule has 16 heavy (non-hydrogen) atoms. The van der Waals surface area contributed by atoms with E-state index < -0.39 is 0 Å². The average Bonchev–Trinajstić information content (AvgIpc) is 2.63. The summed E-state index contributed by atoms with van der Waals surface area (Å²) in [7, 11) is 0. The van der Waals surface area contributed by atoms with Gasteiger partial charge in [-0.25, -0.2) is 0 Å². The Morgan fingerprint density at radius 1 is 1.44 bits per heavy atom. The van der Waals surface area contributed by atoms with Crippen LogP contribution in [0.3, 0.4) is 0 Å². The molecule has 2 rings (SSSR count). The molecule has 1 saturated heterocycles. The molecule has 1 heterocycles. The van der Waals surface area contributed by atoms with E-state index in [-0.39, 0.29) is 11.8 Å². The second-order valence-corrected chi connectivity index (χ2v) is 4.40. The Morgan fingerprint density at radius 2 is 2.12 bits per heavy atom. The lowest BCUT2D eigenvalue weighted by Gasteiger charge is -2.15. The Bertz CT molecular complexity index is 432. The van der Waals surface area contributed by atoms with Crippen LogP contribution in [0.1, 0.15) is 12.0 Å². The number of carbonyl (C=O) groups excluding carboxylic acids is 1. The molecule has 0 radical (unpaired) electrons. The first-order valence-electron chi connectivity index (χ1n) is 5.17. The van der Waals surface area contributed by atoms with Gasteiger partial charge in [0.25, 0.3) is 0 Å². The molecule has 1 amide bonds. The Balaban J connectivity index is 2.03. The minimum absolute atomic E-state index is 0.0693. The topological polar surface area (TPSA) is 20.3 Å². The van der Waals surface area contributed by atoms with Gasteiger partial charge in [-0.2, -0.15) is 0 Å². The van der Waals surface area contributed by atoms with Crippen LogP contribution in [-0.4, -0.2) is 17.4 Å². The number of hydrogen-bond acceptors (Lipinski definition) is 1. The van der Waals surface area contributed by atoms with Gasteiger partial charge in [-0.05, 0) is 17.7 Å². The molecule has 0 saturated carbocycles. The molecule has 82 valence electrons. The summed E-state index contributed by atoms with van der Waals surface area (Å²) in [4.78, 5) is 13.4. The predicted octanol–water partition coefficient (Wildman–Crippen LogP) is 2.32. The zero-order valence-corrected chi connectivity index (χ0v) is 9.57. The molecule has 1 fully saturated rings. The third-order valence-electron chi connectivity index (χ3n) is 2.74. The fraction of sp³-hybridized carbons (Fsp3) is 0.308. The number of carbonyl (C=O) groups is 1. The van der Waals surface area contributed by atoms with Crippen LogP contribution in [0.4, 0.5) is 0 Å². The molecule has 0 N–H and O–H groups in total. The standard InChI is InChI=1S/C13H12ClNO/c1-2-10-7-13(16)15(8-10)9-11-3-5-12(14)6-4-11/h1,3-6,10H,7-9H2. The van der Waals surface area contributed by atoms with E-state index in [0.717, 1.165) is 5.56 Å². The summed E-state index contributed by atoms with van der Waals surface area (Å²) >= 11 is 5.80. The summed E-state index contributed by atoms with van der Waals surface area (Å²) in [5.41, 5.74) is 1.08. The van der Waals surface area contributed by atoms with Crippen molar-refractivity contribution in [1.29, 1.82) is 0 Å². The zero-order valence-electron chi connectivity index (χ0n) is 8.82.